The van der Waals surface area contributed by atoms with Gasteiger partial charge in [-0.25, -0.2) is 8.42 Å². The summed E-state index contributed by atoms with van der Waals surface area (Å²) in [6.45, 7) is 3.58. The third kappa shape index (κ3) is 3.28. The van der Waals surface area contributed by atoms with Crippen molar-refractivity contribution >= 4 is 33.0 Å². The molecule has 1 aromatic rings. The van der Waals surface area contributed by atoms with Crippen LogP contribution in [0.1, 0.15) is 18.9 Å². The van der Waals surface area contributed by atoms with Crippen LogP contribution in [0.3, 0.4) is 0 Å². The maximum atomic E-state index is 11.6. The zero-order valence-corrected chi connectivity index (χ0v) is 10.8. The SMILES string of the molecule is CCCS(=O)(=O)Nc1cc(Cl)c(N)cc1C. The van der Waals surface area contributed by atoms with Crippen LogP contribution in [0.5, 0.6) is 0 Å². The summed E-state index contributed by atoms with van der Waals surface area (Å²) in [5.74, 6) is 0.0917. The highest BCUT2D eigenvalue weighted by molar-refractivity contribution is 7.92. The summed E-state index contributed by atoms with van der Waals surface area (Å²) in [5, 5.41) is 0.347. The molecule has 0 aliphatic carbocycles. The number of nitrogen functional groups attached to an aromatic ring is 1. The fourth-order valence-corrected chi connectivity index (χ4v) is 2.66. The Hall–Kier alpha value is -0.940. The van der Waals surface area contributed by atoms with Crippen LogP contribution in [-0.2, 0) is 10.0 Å². The Morgan fingerprint density at radius 1 is 1.44 bits per heavy atom. The van der Waals surface area contributed by atoms with E-state index in [1.165, 1.54) is 6.07 Å². The van der Waals surface area contributed by atoms with Crippen molar-refractivity contribution in [2.24, 2.45) is 0 Å². The molecule has 6 heteroatoms. The molecule has 0 saturated carbocycles. The van der Waals surface area contributed by atoms with Crippen molar-refractivity contribution in [1.29, 1.82) is 0 Å². The highest BCUT2D eigenvalue weighted by Gasteiger charge is 2.11. The molecule has 0 fully saturated rings. The summed E-state index contributed by atoms with van der Waals surface area (Å²) < 4.78 is 25.6. The second kappa shape index (κ2) is 4.93. The predicted molar refractivity (Wildman–Crippen MR) is 68.3 cm³/mol. The van der Waals surface area contributed by atoms with Crippen molar-refractivity contribution in [1.82, 2.24) is 0 Å². The maximum Gasteiger partial charge on any atom is 0.232 e. The van der Waals surface area contributed by atoms with Crippen molar-refractivity contribution in [2.45, 2.75) is 20.3 Å². The van der Waals surface area contributed by atoms with Gasteiger partial charge in [0.15, 0.2) is 0 Å². The van der Waals surface area contributed by atoms with E-state index in [-0.39, 0.29) is 5.75 Å². The molecular formula is C10H15ClN2O2S. The number of rotatable bonds is 4. The van der Waals surface area contributed by atoms with Gasteiger partial charge in [0.05, 0.1) is 22.2 Å². The van der Waals surface area contributed by atoms with Crippen LogP contribution in [0.15, 0.2) is 12.1 Å². The Morgan fingerprint density at radius 2 is 2.06 bits per heavy atom. The van der Waals surface area contributed by atoms with Gasteiger partial charge < -0.3 is 5.73 Å². The van der Waals surface area contributed by atoms with Gasteiger partial charge in [0.1, 0.15) is 0 Å². The third-order valence-corrected chi connectivity index (χ3v) is 3.89. The predicted octanol–water partition coefficient (Wildman–Crippen LogP) is 2.38. The molecule has 90 valence electrons. The van der Waals surface area contributed by atoms with Gasteiger partial charge in [-0.15, -0.1) is 0 Å². The maximum absolute atomic E-state index is 11.6. The Labute approximate surface area is 101 Å². The molecule has 0 saturated heterocycles. The van der Waals surface area contributed by atoms with Gasteiger partial charge in [0, 0.05) is 0 Å². The van der Waals surface area contributed by atoms with Gasteiger partial charge in [-0.2, -0.15) is 0 Å². The number of anilines is 2. The lowest BCUT2D eigenvalue weighted by Gasteiger charge is -2.11. The first-order valence-electron chi connectivity index (χ1n) is 4.92. The Bertz CT molecular complexity index is 486. The summed E-state index contributed by atoms with van der Waals surface area (Å²) in [7, 11) is -3.29. The molecule has 4 nitrogen and oxygen atoms in total. The van der Waals surface area contributed by atoms with E-state index in [2.05, 4.69) is 4.72 Å². The molecular weight excluding hydrogens is 248 g/mol. The van der Waals surface area contributed by atoms with Crippen LogP contribution in [-0.4, -0.2) is 14.2 Å². The van der Waals surface area contributed by atoms with Crippen LogP contribution < -0.4 is 10.5 Å². The molecule has 0 atom stereocenters. The monoisotopic (exact) mass is 262 g/mol. The molecule has 0 aliphatic heterocycles. The van der Waals surface area contributed by atoms with Crippen molar-refractivity contribution in [3.05, 3.63) is 22.7 Å². The zero-order chi connectivity index (χ0) is 12.3. The van der Waals surface area contributed by atoms with E-state index >= 15 is 0 Å². The molecule has 3 N–H and O–H groups in total. The summed E-state index contributed by atoms with van der Waals surface area (Å²) in [6.07, 6.45) is 0.567. The number of aryl methyl sites for hydroxylation is 1. The first-order chi connectivity index (χ1) is 7.35. The molecule has 1 aromatic carbocycles. The fraction of sp³-hybridized carbons (Fsp3) is 0.400. The number of benzene rings is 1. The van der Waals surface area contributed by atoms with Crippen molar-refractivity contribution in [3.63, 3.8) is 0 Å². The van der Waals surface area contributed by atoms with Gasteiger partial charge >= 0.3 is 0 Å². The van der Waals surface area contributed by atoms with E-state index < -0.39 is 10.0 Å². The minimum Gasteiger partial charge on any atom is -0.398 e. The lowest BCUT2D eigenvalue weighted by atomic mass is 10.2. The average molecular weight is 263 g/mol. The molecule has 0 aromatic heterocycles. The van der Waals surface area contributed by atoms with Crippen LogP contribution in [0, 0.1) is 6.92 Å². The van der Waals surface area contributed by atoms with Gasteiger partial charge in [-0.05, 0) is 31.0 Å². The van der Waals surface area contributed by atoms with Crippen LogP contribution in [0.4, 0.5) is 11.4 Å². The number of hydrogen-bond donors (Lipinski definition) is 2. The van der Waals surface area contributed by atoms with E-state index in [1.807, 2.05) is 6.92 Å². The Morgan fingerprint density at radius 3 is 2.62 bits per heavy atom. The molecule has 0 spiro atoms. The van der Waals surface area contributed by atoms with Crippen molar-refractivity contribution in [2.75, 3.05) is 16.2 Å². The van der Waals surface area contributed by atoms with Gasteiger partial charge in [-0.1, -0.05) is 18.5 Å². The summed E-state index contributed by atoms with van der Waals surface area (Å²) in [5.41, 5.74) is 7.28. The standard InChI is InChI=1S/C10H15ClN2O2S/c1-3-4-16(14,15)13-10-6-8(11)9(12)5-7(10)2/h5-6,13H,3-4,12H2,1-2H3. The second-order valence-corrected chi connectivity index (χ2v) is 5.86. The minimum atomic E-state index is -3.29. The molecule has 0 radical (unpaired) electrons. The van der Waals surface area contributed by atoms with Crippen molar-refractivity contribution < 1.29 is 8.42 Å². The van der Waals surface area contributed by atoms with E-state index in [1.54, 1.807) is 13.0 Å². The van der Waals surface area contributed by atoms with E-state index in [0.29, 0.717) is 22.8 Å². The van der Waals surface area contributed by atoms with Gasteiger partial charge in [0.2, 0.25) is 10.0 Å². The lowest BCUT2D eigenvalue weighted by molar-refractivity contribution is 0.600. The quantitative estimate of drug-likeness (QED) is 0.819. The number of sulfonamides is 1. The molecule has 0 amide bonds. The number of nitrogens with one attached hydrogen (secondary N) is 1. The van der Waals surface area contributed by atoms with E-state index in [9.17, 15) is 8.42 Å². The first kappa shape index (κ1) is 13.1. The lowest BCUT2D eigenvalue weighted by Crippen LogP contribution is -2.16. The highest BCUT2D eigenvalue weighted by atomic mass is 35.5. The average Bonchev–Trinajstić information content (AvgIpc) is 2.13. The van der Waals surface area contributed by atoms with E-state index in [0.717, 1.165) is 5.56 Å². The summed E-state index contributed by atoms with van der Waals surface area (Å²) in [4.78, 5) is 0. The fourth-order valence-electron chi connectivity index (χ4n) is 1.30. The number of hydrogen-bond acceptors (Lipinski definition) is 3. The second-order valence-electron chi connectivity index (χ2n) is 3.61. The zero-order valence-electron chi connectivity index (χ0n) is 9.25. The Balaban J connectivity index is 3.03. The van der Waals surface area contributed by atoms with Crippen LogP contribution in [0.2, 0.25) is 5.02 Å². The highest BCUT2D eigenvalue weighted by Crippen LogP contribution is 2.27. The molecule has 0 heterocycles. The number of halogens is 1. The third-order valence-electron chi connectivity index (χ3n) is 2.08. The molecule has 0 aliphatic rings. The van der Waals surface area contributed by atoms with Crippen molar-refractivity contribution in [3.8, 4) is 0 Å². The summed E-state index contributed by atoms with van der Waals surface area (Å²) >= 11 is 5.83. The molecule has 1 rings (SSSR count). The Kier molecular flexibility index (Phi) is 4.04. The normalized spacial score (nSPS) is 11.4. The molecule has 16 heavy (non-hydrogen) atoms. The number of nitrogens with two attached hydrogens (primary N) is 1. The minimum absolute atomic E-state index is 0.0917. The van der Waals surface area contributed by atoms with Crippen LogP contribution in [0.25, 0.3) is 0 Å². The topological polar surface area (TPSA) is 72.2 Å². The smallest absolute Gasteiger partial charge is 0.232 e. The van der Waals surface area contributed by atoms with Crippen LogP contribution >= 0.6 is 11.6 Å². The molecule has 0 unspecified atom stereocenters. The first-order valence-corrected chi connectivity index (χ1v) is 6.95. The molecule has 0 bridgehead atoms. The van der Waals surface area contributed by atoms with Gasteiger partial charge in [-0.3, -0.25) is 4.72 Å². The van der Waals surface area contributed by atoms with Gasteiger partial charge in [0.25, 0.3) is 0 Å². The summed E-state index contributed by atoms with van der Waals surface area (Å²) in [6, 6.07) is 3.17. The largest absolute Gasteiger partial charge is 0.398 e. The van der Waals surface area contributed by atoms with E-state index in [4.69, 9.17) is 17.3 Å².